The van der Waals surface area contributed by atoms with Crippen molar-refractivity contribution in [3.63, 3.8) is 0 Å². The lowest BCUT2D eigenvalue weighted by molar-refractivity contribution is 0.259. The van der Waals surface area contributed by atoms with Crippen LogP contribution in [0.25, 0.3) is 11.3 Å². The van der Waals surface area contributed by atoms with Gasteiger partial charge in [-0.3, -0.25) is 5.32 Å². The molecule has 0 saturated carbocycles. The SMILES string of the molecule is NC(=O)Nc1nc(-c2ccccc2)cs1. The molecular formula is C10H9N3OS. The van der Waals surface area contributed by atoms with Gasteiger partial charge in [-0.2, -0.15) is 0 Å². The van der Waals surface area contributed by atoms with Crippen LogP contribution >= 0.6 is 11.3 Å². The van der Waals surface area contributed by atoms with Gasteiger partial charge < -0.3 is 5.73 Å². The van der Waals surface area contributed by atoms with E-state index in [0.717, 1.165) is 11.3 Å². The Balaban J connectivity index is 2.24. The van der Waals surface area contributed by atoms with Crippen LogP contribution in [0.2, 0.25) is 0 Å². The summed E-state index contributed by atoms with van der Waals surface area (Å²) in [6.45, 7) is 0. The van der Waals surface area contributed by atoms with Gasteiger partial charge in [0, 0.05) is 10.9 Å². The number of thiazole rings is 1. The Bertz CT molecular complexity index is 467. The molecular weight excluding hydrogens is 210 g/mol. The van der Waals surface area contributed by atoms with E-state index in [9.17, 15) is 4.79 Å². The first-order chi connectivity index (χ1) is 7.25. The van der Waals surface area contributed by atoms with E-state index in [1.807, 2.05) is 35.7 Å². The molecule has 0 unspecified atom stereocenters. The summed E-state index contributed by atoms with van der Waals surface area (Å²) in [6, 6.07) is 9.15. The van der Waals surface area contributed by atoms with Crippen LogP contribution in [0.15, 0.2) is 35.7 Å². The fourth-order valence-corrected chi connectivity index (χ4v) is 1.90. The summed E-state index contributed by atoms with van der Waals surface area (Å²) in [5.41, 5.74) is 6.85. The second kappa shape index (κ2) is 4.10. The van der Waals surface area contributed by atoms with Gasteiger partial charge in [0.2, 0.25) is 0 Å². The van der Waals surface area contributed by atoms with Crippen molar-refractivity contribution < 1.29 is 4.79 Å². The molecule has 5 heteroatoms. The Morgan fingerprint density at radius 1 is 1.33 bits per heavy atom. The molecule has 2 aromatic rings. The number of carbonyl (C=O) groups excluding carboxylic acids is 1. The number of nitrogens with one attached hydrogen (secondary N) is 1. The van der Waals surface area contributed by atoms with Gasteiger partial charge in [-0.1, -0.05) is 30.3 Å². The van der Waals surface area contributed by atoms with E-state index in [0.29, 0.717) is 5.13 Å². The molecule has 0 spiro atoms. The average Bonchev–Trinajstić information content (AvgIpc) is 2.67. The van der Waals surface area contributed by atoms with Gasteiger partial charge >= 0.3 is 6.03 Å². The van der Waals surface area contributed by atoms with Crippen LogP contribution in [0.3, 0.4) is 0 Å². The third-order valence-corrected chi connectivity index (χ3v) is 2.56. The number of carbonyl (C=O) groups is 1. The number of benzene rings is 1. The number of nitrogens with zero attached hydrogens (tertiary/aromatic N) is 1. The number of hydrogen-bond donors (Lipinski definition) is 2. The van der Waals surface area contributed by atoms with Gasteiger partial charge in [0.15, 0.2) is 5.13 Å². The number of nitrogens with two attached hydrogens (primary N) is 1. The second-order valence-electron chi connectivity index (χ2n) is 2.89. The summed E-state index contributed by atoms with van der Waals surface area (Å²) in [6.07, 6.45) is 0. The molecule has 3 N–H and O–H groups in total. The number of rotatable bonds is 2. The van der Waals surface area contributed by atoms with Gasteiger partial charge in [0.25, 0.3) is 0 Å². The monoisotopic (exact) mass is 219 g/mol. The van der Waals surface area contributed by atoms with E-state index >= 15 is 0 Å². The number of aromatic nitrogens is 1. The molecule has 0 atom stereocenters. The minimum atomic E-state index is -0.594. The van der Waals surface area contributed by atoms with Gasteiger partial charge in [-0.25, -0.2) is 9.78 Å². The highest BCUT2D eigenvalue weighted by Crippen LogP contribution is 2.24. The Morgan fingerprint density at radius 3 is 2.73 bits per heavy atom. The molecule has 15 heavy (non-hydrogen) atoms. The van der Waals surface area contributed by atoms with Crippen molar-refractivity contribution in [3.8, 4) is 11.3 Å². The van der Waals surface area contributed by atoms with Crippen LogP contribution < -0.4 is 11.1 Å². The lowest BCUT2D eigenvalue weighted by Gasteiger charge is -1.95. The molecule has 0 radical (unpaired) electrons. The summed E-state index contributed by atoms with van der Waals surface area (Å²) < 4.78 is 0. The van der Waals surface area contributed by atoms with Crippen molar-refractivity contribution in [2.75, 3.05) is 5.32 Å². The van der Waals surface area contributed by atoms with E-state index in [1.54, 1.807) is 0 Å². The smallest absolute Gasteiger partial charge is 0.318 e. The van der Waals surface area contributed by atoms with E-state index in [-0.39, 0.29) is 0 Å². The number of primary amides is 1. The highest BCUT2D eigenvalue weighted by molar-refractivity contribution is 7.14. The third kappa shape index (κ3) is 2.32. The maximum Gasteiger partial charge on any atom is 0.318 e. The first-order valence-electron chi connectivity index (χ1n) is 4.33. The van der Waals surface area contributed by atoms with Crippen LogP contribution in [0, 0.1) is 0 Å². The summed E-state index contributed by atoms with van der Waals surface area (Å²) in [7, 11) is 0. The molecule has 0 bridgehead atoms. The van der Waals surface area contributed by atoms with Gasteiger partial charge in [-0.15, -0.1) is 11.3 Å². The number of amides is 2. The summed E-state index contributed by atoms with van der Waals surface area (Å²) >= 11 is 1.35. The molecule has 1 aromatic carbocycles. The highest BCUT2D eigenvalue weighted by atomic mass is 32.1. The largest absolute Gasteiger partial charge is 0.351 e. The molecule has 1 heterocycles. The van der Waals surface area contributed by atoms with Gasteiger partial charge in [0.05, 0.1) is 5.69 Å². The highest BCUT2D eigenvalue weighted by Gasteiger charge is 2.04. The fraction of sp³-hybridized carbons (Fsp3) is 0. The molecule has 2 amide bonds. The third-order valence-electron chi connectivity index (χ3n) is 1.80. The predicted octanol–water partition coefficient (Wildman–Crippen LogP) is 2.30. The van der Waals surface area contributed by atoms with Crippen LogP contribution in [-0.2, 0) is 0 Å². The van der Waals surface area contributed by atoms with E-state index < -0.39 is 6.03 Å². The van der Waals surface area contributed by atoms with E-state index in [1.165, 1.54) is 11.3 Å². The topological polar surface area (TPSA) is 68.0 Å². The van der Waals surface area contributed by atoms with E-state index in [4.69, 9.17) is 5.73 Å². The standard InChI is InChI=1S/C10H9N3OS/c11-9(14)13-10-12-8(6-15-10)7-4-2-1-3-5-7/h1-6H,(H3,11,12,13,14). The van der Waals surface area contributed by atoms with Gasteiger partial charge in [0.1, 0.15) is 0 Å². The molecule has 0 aliphatic rings. The fourth-order valence-electron chi connectivity index (χ4n) is 1.18. The van der Waals surface area contributed by atoms with E-state index in [2.05, 4.69) is 10.3 Å². The summed E-state index contributed by atoms with van der Waals surface area (Å²) in [5.74, 6) is 0. The van der Waals surface area contributed by atoms with Crippen LogP contribution in [0.4, 0.5) is 9.93 Å². The quantitative estimate of drug-likeness (QED) is 0.813. The Kier molecular flexibility index (Phi) is 2.64. The molecule has 0 aliphatic heterocycles. The average molecular weight is 219 g/mol. The molecule has 0 saturated heterocycles. The first kappa shape index (κ1) is 9.67. The summed E-state index contributed by atoms with van der Waals surface area (Å²) in [4.78, 5) is 14.8. The zero-order chi connectivity index (χ0) is 10.7. The van der Waals surface area contributed by atoms with Gasteiger partial charge in [-0.05, 0) is 0 Å². The number of anilines is 1. The minimum absolute atomic E-state index is 0.515. The maximum absolute atomic E-state index is 10.6. The molecule has 0 fully saturated rings. The Labute approximate surface area is 90.8 Å². The van der Waals surface area contributed by atoms with Crippen molar-refractivity contribution >= 4 is 22.5 Å². The van der Waals surface area contributed by atoms with Crippen molar-refractivity contribution in [2.24, 2.45) is 5.73 Å². The Hall–Kier alpha value is -1.88. The van der Waals surface area contributed by atoms with Crippen LogP contribution in [0.5, 0.6) is 0 Å². The number of urea groups is 1. The first-order valence-corrected chi connectivity index (χ1v) is 5.21. The van der Waals surface area contributed by atoms with Crippen LogP contribution in [-0.4, -0.2) is 11.0 Å². The van der Waals surface area contributed by atoms with Crippen molar-refractivity contribution in [1.82, 2.24) is 4.98 Å². The Morgan fingerprint density at radius 2 is 2.07 bits per heavy atom. The zero-order valence-electron chi connectivity index (χ0n) is 7.81. The summed E-state index contributed by atoms with van der Waals surface area (Å²) in [5, 5.41) is 4.83. The lowest BCUT2D eigenvalue weighted by Crippen LogP contribution is -2.18. The zero-order valence-corrected chi connectivity index (χ0v) is 8.62. The molecule has 1 aromatic heterocycles. The normalized spacial score (nSPS) is 9.87. The molecule has 2 rings (SSSR count). The molecule has 76 valence electrons. The van der Waals surface area contributed by atoms with Crippen molar-refractivity contribution in [3.05, 3.63) is 35.7 Å². The molecule has 4 nitrogen and oxygen atoms in total. The minimum Gasteiger partial charge on any atom is -0.351 e. The van der Waals surface area contributed by atoms with Crippen molar-refractivity contribution in [1.29, 1.82) is 0 Å². The van der Waals surface area contributed by atoms with Crippen LogP contribution in [0.1, 0.15) is 0 Å². The van der Waals surface area contributed by atoms with Crippen molar-refractivity contribution in [2.45, 2.75) is 0 Å². The maximum atomic E-state index is 10.6. The predicted molar refractivity (Wildman–Crippen MR) is 60.8 cm³/mol. The lowest BCUT2D eigenvalue weighted by atomic mass is 10.2. The number of hydrogen-bond acceptors (Lipinski definition) is 3. The second-order valence-corrected chi connectivity index (χ2v) is 3.75. The molecule has 0 aliphatic carbocycles.